The minimum atomic E-state index is -0.415. The van der Waals surface area contributed by atoms with Crippen molar-refractivity contribution in [3.63, 3.8) is 0 Å². The maximum absolute atomic E-state index is 12.1. The van der Waals surface area contributed by atoms with Crippen molar-refractivity contribution in [2.24, 2.45) is 5.10 Å². The highest BCUT2D eigenvalue weighted by Gasteiger charge is 2.13. The summed E-state index contributed by atoms with van der Waals surface area (Å²) in [6, 6.07) is 9.16. The second-order valence-electron chi connectivity index (χ2n) is 6.16. The first kappa shape index (κ1) is 18.5. The number of hydrogen-bond acceptors (Lipinski definition) is 5. The smallest absolute Gasteiger partial charge is 0.345 e. The van der Waals surface area contributed by atoms with Crippen LogP contribution in [0.2, 0.25) is 0 Å². The van der Waals surface area contributed by atoms with Crippen LogP contribution in [0.3, 0.4) is 0 Å². The highest BCUT2D eigenvalue weighted by Crippen LogP contribution is 2.12. The van der Waals surface area contributed by atoms with Crippen molar-refractivity contribution in [2.45, 2.75) is 6.92 Å². The molecule has 138 valence electrons. The summed E-state index contributed by atoms with van der Waals surface area (Å²) in [4.78, 5) is 13.6. The van der Waals surface area contributed by atoms with Crippen LogP contribution in [0.5, 0.6) is 0 Å². The van der Waals surface area contributed by atoms with Crippen molar-refractivity contribution >= 4 is 34.0 Å². The Morgan fingerprint density at radius 1 is 1.31 bits per heavy atom. The monoisotopic (exact) mass is 375 g/mol. The molecule has 2 aromatic rings. The lowest BCUT2D eigenvalue weighted by Gasteiger charge is -2.23. The van der Waals surface area contributed by atoms with Gasteiger partial charge >= 0.3 is 5.63 Å². The highest BCUT2D eigenvalue weighted by atomic mass is 32.1. The summed E-state index contributed by atoms with van der Waals surface area (Å²) >= 11 is 5.23. The number of nitrogens with zero attached hydrogens (tertiary/aromatic N) is 1. The number of morpholine rings is 1. The summed E-state index contributed by atoms with van der Waals surface area (Å²) in [7, 11) is 0. The van der Waals surface area contributed by atoms with Crippen LogP contribution in [0.4, 0.5) is 0 Å². The molecule has 8 heteroatoms. The predicted octanol–water partition coefficient (Wildman–Crippen LogP) is -0.104. The van der Waals surface area contributed by atoms with Gasteiger partial charge in [-0.05, 0) is 31.3 Å². The van der Waals surface area contributed by atoms with Gasteiger partial charge in [-0.25, -0.2) is 4.79 Å². The van der Waals surface area contributed by atoms with Gasteiger partial charge in [-0.1, -0.05) is 18.2 Å². The Labute approximate surface area is 157 Å². The molecule has 0 aliphatic carbocycles. The highest BCUT2D eigenvalue weighted by molar-refractivity contribution is 7.80. The summed E-state index contributed by atoms with van der Waals surface area (Å²) in [6.45, 7) is 7.16. The molecule has 3 rings (SSSR count). The quantitative estimate of drug-likeness (QED) is 0.293. The second-order valence-corrected chi connectivity index (χ2v) is 6.57. The molecule has 26 heavy (non-hydrogen) atoms. The van der Waals surface area contributed by atoms with E-state index in [2.05, 4.69) is 15.8 Å². The number of para-hydroxylation sites is 1. The van der Waals surface area contributed by atoms with E-state index in [1.807, 2.05) is 18.2 Å². The van der Waals surface area contributed by atoms with Gasteiger partial charge in [-0.15, -0.1) is 0 Å². The van der Waals surface area contributed by atoms with Gasteiger partial charge in [0.25, 0.3) is 0 Å². The van der Waals surface area contributed by atoms with Gasteiger partial charge in [-0.3, -0.25) is 5.43 Å². The molecule has 0 amide bonds. The third-order valence-corrected chi connectivity index (χ3v) is 4.56. The maximum atomic E-state index is 12.1. The van der Waals surface area contributed by atoms with Crippen LogP contribution in [-0.4, -0.2) is 50.2 Å². The zero-order valence-corrected chi connectivity index (χ0v) is 15.5. The van der Waals surface area contributed by atoms with Gasteiger partial charge in [0.2, 0.25) is 0 Å². The standard InChI is InChI=1S/C18H22N4O3S/c1-13(15-12-14-4-2-3-5-16(14)25-17(15)23)20-21-18(26)19-6-7-22-8-10-24-11-9-22/h2-5,12H,6-11H2,1H3,(H2,19,21,26)/p+1/b20-13-. The molecule has 1 aliphatic rings. The maximum Gasteiger partial charge on any atom is 0.345 e. The topological polar surface area (TPSA) is 80.3 Å². The third kappa shape index (κ3) is 4.87. The molecule has 1 aromatic carbocycles. The van der Waals surface area contributed by atoms with Crippen LogP contribution in [0.25, 0.3) is 11.0 Å². The second kappa shape index (κ2) is 8.88. The number of hydrazone groups is 1. The molecule has 0 unspecified atom stereocenters. The largest absolute Gasteiger partial charge is 0.422 e. The minimum absolute atomic E-state index is 0.414. The molecule has 7 nitrogen and oxygen atoms in total. The molecule has 2 heterocycles. The van der Waals surface area contributed by atoms with E-state index in [-0.39, 0.29) is 0 Å². The Morgan fingerprint density at radius 3 is 2.88 bits per heavy atom. The normalized spacial score (nSPS) is 15.8. The lowest BCUT2D eigenvalue weighted by Crippen LogP contribution is -3.14. The van der Waals surface area contributed by atoms with Crippen LogP contribution < -0.4 is 21.3 Å². The number of benzene rings is 1. The lowest BCUT2D eigenvalue weighted by molar-refractivity contribution is -0.906. The summed E-state index contributed by atoms with van der Waals surface area (Å²) in [5.41, 5.74) is 3.87. The van der Waals surface area contributed by atoms with E-state index in [4.69, 9.17) is 21.4 Å². The molecule has 1 aromatic heterocycles. The first-order chi connectivity index (χ1) is 12.6. The van der Waals surface area contributed by atoms with Crippen LogP contribution in [-0.2, 0) is 4.74 Å². The van der Waals surface area contributed by atoms with Gasteiger partial charge in [-0.2, -0.15) is 5.10 Å². The van der Waals surface area contributed by atoms with E-state index >= 15 is 0 Å². The van der Waals surface area contributed by atoms with Crippen LogP contribution in [0, 0.1) is 0 Å². The molecule has 0 atom stereocenters. The van der Waals surface area contributed by atoms with E-state index in [0.717, 1.165) is 44.8 Å². The summed E-state index contributed by atoms with van der Waals surface area (Å²) in [6.07, 6.45) is 0. The zero-order valence-electron chi connectivity index (χ0n) is 14.7. The van der Waals surface area contributed by atoms with Crippen molar-refractivity contribution in [3.05, 3.63) is 46.3 Å². The fourth-order valence-electron chi connectivity index (χ4n) is 2.81. The third-order valence-electron chi connectivity index (χ3n) is 4.32. The Bertz CT molecular complexity index is 859. The molecule has 1 fully saturated rings. The lowest BCUT2D eigenvalue weighted by atomic mass is 10.1. The molecular weight excluding hydrogens is 352 g/mol. The first-order valence-corrected chi connectivity index (χ1v) is 9.07. The van der Waals surface area contributed by atoms with E-state index in [9.17, 15) is 4.79 Å². The Kier molecular flexibility index (Phi) is 6.32. The molecule has 0 bridgehead atoms. The molecule has 1 aliphatic heterocycles. The van der Waals surface area contributed by atoms with Gasteiger partial charge in [0.05, 0.1) is 37.6 Å². The predicted molar refractivity (Wildman–Crippen MR) is 105 cm³/mol. The number of fused-ring (bicyclic) bond motifs is 1. The Balaban J connectivity index is 1.55. The van der Waals surface area contributed by atoms with Crippen LogP contribution in [0.15, 0.2) is 44.6 Å². The average molecular weight is 375 g/mol. The average Bonchev–Trinajstić information content (AvgIpc) is 2.66. The number of quaternary nitrogens is 1. The number of thiocarbonyl (C=S) groups is 1. The molecule has 1 saturated heterocycles. The molecular formula is C18H23N4O3S+. The van der Waals surface area contributed by atoms with Crippen molar-refractivity contribution in [1.29, 1.82) is 0 Å². The van der Waals surface area contributed by atoms with E-state index < -0.39 is 5.63 Å². The van der Waals surface area contributed by atoms with E-state index in [0.29, 0.717) is 22.0 Å². The van der Waals surface area contributed by atoms with E-state index in [1.54, 1.807) is 19.1 Å². The van der Waals surface area contributed by atoms with Crippen molar-refractivity contribution in [3.8, 4) is 0 Å². The van der Waals surface area contributed by atoms with Gasteiger partial charge in [0.1, 0.15) is 18.7 Å². The number of rotatable bonds is 5. The van der Waals surface area contributed by atoms with Gasteiger partial charge < -0.3 is 19.4 Å². The number of hydrogen-bond donors (Lipinski definition) is 3. The molecule has 0 saturated carbocycles. The zero-order chi connectivity index (χ0) is 18.4. The molecule has 3 N–H and O–H groups in total. The Hall–Kier alpha value is -2.29. The summed E-state index contributed by atoms with van der Waals surface area (Å²) < 4.78 is 10.7. The van der Waals surface area contributed by atoms with Gasteiger partial charge in [0, 0.05) is 5.39 Å². The van der Waals surface area contributed by atoms with Crippen molar-refractivity contribution < 1.29 is 14.1 Å². The fraction of sp³-hybridized carbons (Fsp3) is 0.389. The summed E-state index contributed by atoms with van der Waals surface area (Å²) in [5.74, 6) is 0. The number of nitrogens with one attached hydrogen (secondary N) is 3. The molecule has 0 radical (unpaired) electrons. The fourth-order valence-corrected chi connectivity index (χ4v) is 2.96. The van der Waals surface area contributed by atoms with E-state index in [1.165, 1.54) is 4.90 Å². The van der Waals surface area contributed by atoms with Crippen molar-refractivity contribution in [1.82, 2.24) is 10.7 Å². The van der Waals surface area contributed by atoms with Crippen LogP contribution in [0.1, 0.15) is 12.5 Å². The molecule has 0 spiro atoms. The van der Waals surface area contributed by atoms with Crippen molar-refractivity contribution in [2.75, 3.05) is 39.4 Å². The Morgan fingerprint density at radius 2 is 2.08 bits per heavy atom. The minimum Gasteiger partial charge on any atom is -0.422 e. The number of ether oxygens (including phenoxy) is 1. The first-order valence-electron chi connectivity index (χ1n) is 8.66. The SMILES string of the molecule is C/C(=N/NC(=S)NCC[NH+]1CCOCC1)c1cc2ccccc2oc1=O. The summed E-state index contributed by atoms with van der Waals surface area (Å²) in [5, 5.41) is 8.62. The van der Waals surface area contributed by atoms with Gasteiger partial charge in [0.15, 0.2) is 5.11 Å². The van der Waals surface area contributed by atoms with Crippen LogP contribution >= 0.6 is 12.2 Å².